The number of nitrogens with zero attached hydrogens (tertiary/aromatic N) is 4. The average Bonchev–Trinajstić information content (AvgIpc) is 2.72. The maximum absolute atomic E-state index is 11.1. The third-order valence-electron chi connectivity index (χ3n) is 2.26. The molecule has 0 aliphatic heterocycles. The summed E-state index contributed by atoms with van der Waals surface area (Å²) in [7, 11) is 1.47. The van der Waals surface area contributed by atoms with E-state index in [0.717, 1.165) is 4.68 Å². The molecular formula is C10H7BrN4O3. The Morgan fingerprint density at radius 3 is 2.83 bits per heavy atom. The van der Waals surface area contributed by atoms with Gasteiger partial charge in [0, 0.05) is 11.5 Å². The van der Waals surface area contributed by atoms with Crippen molar-refractivity contribution >= 4 is 28.2 Å². The summed E-state index contributed by atoms with van der Waals surface area (Å²) in [5, 5.41) is 16.5. The zero-order chi connectivity index (χ0) is 13.3. The van der Waals surface area contributed by atoms with Crippen LogP contribution in [0.2, 0.25) is 0 Å². The van der Waals surface area contributed by atoms with Crippen LogP contribution < -0.4 is 0 Å². The molecule has 2 heterocycles. The number of hydrogen-bond acceptors (Lipinski definition) is 5. The first-order chi connectivity index (χ1) is 8.54. The number of hydrogen-bond donors (Lipinski definition) is 1. The second-order valence-electron chi connectivity index (χ2n) is 3.40. The minimum atomic E-state index is -1.16. The van der Waals surface area contributed by atoms with Crippen LogP contribution >= 0.6 is 15.9 Å². The number of halogens is 1. The summed E-state index contributed by atoms with van der Waals surface area (Å²) in [6.07, 6.45) is 0.574. The Labute approximate surface area is 110 Å². The Kier molecular flexibility index (Phi) is 3.19. The van der Waals surface area contributed by atoms with E-state index < -0.39 is 5.97 Å². The van der Waals surface area contributed by atoms with Crippen molar-refractivity contribution in [3.05, 3.63) is 28.0 Å². The number of aryl methyl sites for hydroxylation is 1. The summed E-state index contributed by atoms with van der Waals surface area (Å²) < 4.78 is 1.67. The lowest BCUT2D eigenvalue weighted by molar-refractivity contribution is 0.0685. The number of pyridine rings is 1. The number of carbonyl (C=O) groups excluding carboxylic acids is 1. The summed E-state index contributed by atoms with van der Waals surface area (Å²) in [6, 6.07) is 3.17. The summed E-state index contributed by atoms with van der Waals surface area (Å²) in [5.41, 5.74) is 0.502. The molecule has 0 saturated carbocycles. The van der Waals surface area contributed by atoms with Crippen molar-refractivity contribution in [2.24, 2.45) is 7.05 Å². The van der Waals surface area contributed by atoms with Crippen molar-refractivity contribution in [3.63, 3.8) is 0 Å². The van der Waals surface area contributed by atoms with Gasteiger partial charge >= 0.3 is 5.97 Å². The van der Waals surface area contributed by atoms with E-state index >= 15 is 0 Å². The van der Waals surface area contributed by atoms with Gasteiger partial charge in [-0.3, -0.25) is 4.79 Å². The monoisotopic (exact) mass is 310 g/mol. The van der Waals surface area contributed by atoms with Crippen LogP contribution in [0.25, 0.3) is 11.4 Å². The predicted octanol–water partition coefficient (Wildman–Crippen LogP) is 1.15. The molecule has 0 amide bonds. The zero-order valence-electron chi connectivity index (χ0n) is 9.16. The van der Waals surface area contributed by atoms with E-state index in [-0.39, 0.29) is 22.8 Å². The lowest BCUT2D eigenvalue weighted by Crippen LogP contribution is -2.07. The fourth-order valence-electron chi connectivity index (χ4n) is 1.44. The van der Waals surface area contributed by atoms with Gasteiger partial charge < -0.3 is 5.11 Å². The zero-order valence-corrected chi connectivity index (χ0v) is 10.7. The third-order valence-corrected chi connectivity index (χ3v) is 2.93. The summed E-state index contributed by atoms with van der Waals surface area (Å²) >= 11 is 3.16. The number of rotatable bonds is 3. The van der Waals surface area contributed by atoms with Crippen molar-refractivity contribution in [2.45, 2.75) is 0 Å². The molecule has 7 nitrogen and oxygen atoms in total. The maximum atomic E-state index is 11.1. The van der Waals surface area contributed by atoms with Gasteiger partial charge in [0.25, 0.3) is 0 Å². The first-order valence-corrected chi connectivity index (χ1v) is 5.59. The first kappa shape index (κ1) is 12.4. The number of aromatic nitrogens is 4. The molecule has 0 spiro atoms. The lowest BCUT2D eigenvalue weighted by Gasteiger charge is -2.01. The van der Waals surface area contributed by atoms with Gasteiger partial charge in [-0.05, 0) is 28.1 Å². The minimum absolute atomic E-state index is 0.0818. The van der Waals surface area contributed by atoms with Crippen molar-refractivity contribution in [1.82, 2.24) is 20.0 Å². The van der Waals surface area contributed by atoms with Crippen molar-refractivity contribution in [2.75, 3.05) is 0 Å². The molecule has 0 fully saturated rings. The van der Waals surface area contributed by atoms with E-state index in [1.165, 1.54) is 7.05 Å². The van der Waals surface area contributed by atoms with E-state index in [1.54, 1.807) is 12.1 Å². The summed E-state index contributed by atoms with van der Waals surface area (Å²) in [4.78, 5) is 25.9. The number of carboxylic acids is 1. The Hall–Kier alpha value is -2.09. The molecule has 2 rings (SSSR count). The molecule has 0 saturated heterocycles. The first-order valence-electron chi connectivity index (χ1n) is 4.79. The van der Waals surface area contributed by atoms with Gasteiger partial charge in [0.2, 0.25) is 0 Å². The van der Waals surface area contributed by atoms with Gasteiger partial charge in [-0.2, -0.15) is 0 Å². The van der Waals surface area contributed by atoms with E-state index in [1.807, 2.05) is 0 Å². The quantitative estimate of drug-likeness (QED) is 0.854. The predicted molar refractivity (Wildman–Crippen MR) is 64.3 cm³/mol. The van der Waals surface area contributed by atoms with Crippen LogP contribution in [0.5, 0.6) is 0 Å². The van der Waals surface area contributed by atoms with Crippen LogP contribution in [0, 0.1) is 0 Å². The topological polar surface area (TPSA) is 98.0 Å². The minimum Gasteiger partial charge on any atom is -0.476 e. The van der Waals surface area contributed by atoms with Crippen LogP contribution in [-0.4, -0.2) is 37.3 Å². The van der Waals surface area contributed by atoms with Crippen LogP contribution in [-0.2, 0) is 7.05 Å². The molecule has 0 bridgehead atoms. The van der Waals surface area contributed by atoms with Crippen molar-refractivity contribution in [1.29, 1.82) is 0 Å². The van der Waals surface area contributed by atoms with E-state index in [2.05, 4.69) is 31.2 Å². The van der Waals surface area contributed by atoms with Gasteiger partial charge in [-0.1, -0.05) is 5.21 Å². The molecular weight excluding hydrogens is 304 g/mol. The Balaban J connectivity index is 2.62. The summed E-state index contributed by atoms with van der Waals surface area (Å²) in [5.74, 6) is -1.16. The molecule has 0 unspecified atom stereocenters. The van der Waals surface area contributed by atoms with Gasteiger partial charge in [-0.25, -0.2) is 14.5 Å². The van der Waals surface area contributed by atoms with E-state index in [9.17, 15) is 9.59 Å². The molecule has 8 heteroatoms. The Morgan fingerprint density at radius 1 is 1.50 bits per heavy atom. The average molecular weight is 311 g/mol. The molecule has 2 aromatic heterocycles. The smallest absolute Gasteiger partial charge is 0.356 e. The molecule has 0 atom stereocenters. The van der Waals surface area contributed by atoms with Crippen LogP contribution in [0.1, 0.15) is 21.0 Å². The third kappa shape index (κ3) is 2.02. The van der Waals surface area contributed by atoms with Gasteiger partial charge in [0.15, 0.2) is 12.0 Å². The van der Waals surface area contributed by atoms with Crippen LogP contribution in [0.15, 0.2) is 16.6 Å². The molecule has 1 N–H and O–H groups in total. The van der Waals surface area contributed by atoms with E-state index in [4.69, 9.17) is 5.11 Å². The standard InChI is InChI=1S/C10H7BrN4O3/c1-15-9(10(17)18)8(13-14-15)6-3-2-5(11)7(4-16)12-6/h2-4H,1H3,(H,17,18). The second kappa shape index (κ2) is 4.65. The molecule has 92 valence electrons. The van der Waals surface area contributed by atoms with Crippen molar-refractivity contribution < 1.29 is 14.7 Å². The molecule has 2 aromatic rings. The highest BCUT2D eigenvalue weighted by atomic mass is 79.9. The van der Waals surface area contributed by atoms with Gasteiger partial charge in [0.1, 0.15) is 11.4 Å². The highest BCUT2D eigenvalue weighted by molar-refractivity contribution is 9.10. The second-order valence-corrected chi connectivity index (χ2v) is 4.25. The number of aromatic carboxylic acids is 1. The van der Waals surface area contributed by atoms with Crippen LogP contribution in [0.3, 0.4) is 0 Å². The Bertz CT molecular complexity index is 638. The summed E-state index contributed by atoms with van der Waals surface area (Å²) in [6.45, 7) is 0. The SMILES string of the molecule is Cn1nnc(-c2ccc(Br)c(C=O)n2)c1C(=O)O. The fraction of sp³-hybridized carbons (Fsp3) is 0.100. The lowest BCUT2D eigenvalue weighted by atomic mass is 10.2. The highest BCUT2D eigenvalue weighted by Crippen LogP contribution is 2.22. The number of aldehydes is 1. The van der Waals surface area contributed by atoms with Gasteiger partial charge in [-0.15, -0.1) is 5.10 Å². The fourth-order valence-corrected chi connectivity index (χ4v) is 1.76. The maximum Gasteiger partial charge on any atom is 0.356 e. The van der Waals surface area contributed by atoms with Gasteiger partial charge in [0.05, 0.1) is 5.69 Å². The molecule has 0 aliphatic carbocycles. The van der Waals surface area contributed by atoms with Crippen LogP contribution in [0.4, 0.5) is 0 Å². The molecule has 0 aromatic carbocycles. The number of carboxylic acid groups (broad SMARTS) is 1. The largest absolute Gasteiger partial charge is 0.476 e. The molecule has 0 aliphatic rings. The normalized spacial score (nSPS) is 10.3. The Morgan fingerprint density at radius 2 is 2.22 bits per heavy atom. The number of carbonyl (C=O) groups is 2. The molecule has 0 radical (unpaired) electrons. The highest BCUT2D eigenvalue weighted by Gasteiger charge is 2.20. The van der Waals surface area contributed by atoms with Crippen molar-refractivity contribution in [3.8, 4) is 11.4 Å². The van der Waals surface area contributed by atoms with E-state index in [0.29, 0.717) is 10.8 Å². The molecule has 18 heavy (non-hydrogen) atoms.